The molecule has 0 aliphatic carbocycles. The van der Waals surface area contributed by atoms with Gasteiger partial charge in [0.25, 0.3) is 0 Å². The number of aliphatic hydroxyl groups excluding tert-OH is 1. The summed E-state index contributed by atoms with van der Waals surface area (Å²) in [6.07, 6.45) is 2.86. The molecular weight excluding hydrogens is 232 g/mol. The van der Waals surface area contributed by atoms with Gasteiger partial charge in [0.15, 0.2) is 5.44 Å². The van der Waals surface area contributed by atoms with E-state index in [2.05, 4.69) is 36.3 Å². The lowest BCUT2D eigenvalue weighted by molar-refractivity contribution is -0.261. The van der Waals surface area contributed by atoms with Crippen molar-refractivity contribution in [3.8, 4) is 0 Å². The quantitative estimate of drug-likeness (QED) is 0.245. The van der Waals surface area contributed by atoms with Gasteiger partial charge >= 0.3 is 11.9 Å². The van der Waals surface area contributed by atoms with Crippen LogP contribution in [0.1, 0.15) is 39.5 Å². The summed E-state index contributed by atoms with van der Waals surface area (Å²) in [6.45, 7) is 4.21. The normalized spacial score (nSPS) is 12.3. The maximum absolute atomic E-state index is 11.0. The van der Waals surface area contributed by atoms with Crippen LogP contribution >= 0.6 is 12.6 Å². The van der Waals surface area contributed by atoms with E-state index in [0.29, 0.717) is 12.3 Å². The van der Waals surface area contributed by atoms with Gasteiger partial charge in [-0.3, -0.25) is 0 Å². The fourth-order valence-corrected chi connectivity index (χ4v) is 1.04. The number of carbonyl (C=O) groups is 2. The highest BCUT2D eigenvalue weighted by atomic mass is 32.1. The summed E-state index contributed by atoms with van der Waals surface area (Å²) in [5, 5.41) is 8.61. The second-order valence-electron chi connectivity index (χ2n) is 3.87. The van der Waals surface area contributed by atoms with E-state index in [1.54, 1.807) is 0 Å². The largest absolute Gasteiger partial charge is 0.393 e. The van der Waals surface area contributed by atoms with Crippen molar-refractivity contribution in [1.29, 1.82) is 0 Å². The van der Waals surface area contributed by atoms with Gasteiger partial charge in [0.2, 0.25) is 0 Å². The number of hydrogen-bond acceptors (Lipinski definition) is 6. The molecule has 0 fully saturated rings. The Morgan fingerprint density at radius 3 is 2.38 bits per heavy atom. The van der Waals surface area contributed by atoms with Gasteiger partial charge in [-0.1, -0.05) is 26.7 Å². The first kappa shape index (κ1) is 15.2. The van der Waals surface area contributed by atoms with Crippen molar-refractivity contribution in [2.75, 3.05) is 0 Å². The zero-order valence-electron chi connectivity index (χ0n) is 9.51. The summed E-state index contributed by atoms with van der Waals surface area (Å²) in [6, 6.07) is 0. The Labute approximate surface area is 100 Å². The van der Waals surface area contributed by atoms with E-state index in [-0.39, 0.29) is 6.42 Å². The molecular formula is C10H18O5S. The molecule has 0 aromatic carbocycles. The monoisotopic (exact) mass is 250 g/mol. The summed E-state index contributed by atoms with van der Waals surface area (Å²) >= 11 is 3.39. The first-order chi connectivity index (χ1) is 7.43. The van der Waals surface area contributed by atoms with E-state index in [0.717, 1.165) is 12.8 Å². The van der Waals surface area contributed by atoms with E-state index < -0.39 is 17.4 Å². The van der Waals surface area contributed by atoms with Crippen LogP contribution < -0.4 is 0 Å². The summed E-state index contributed by atoms with van der Waals surface area (Å²) in [5.41, 5.74) is -1.59. The molecule has 0 aromatic heterocycles. The van der Waals surface area contributed by atoms with E-state index >= 15 is 0 Å². The summed E-state index contributed by atoms with van der Waals surface area (Å²) in [4.78, 5) is 29.9. The molecule has 0 saturated heterocycles. The van der Waals surface area contributed by atoms with Crippen molar-refractivity contribution in [2.45, 2.75) is 45.0 Å². The molecule has 0 amide bonds. The maximum Gasteiger partial charge on any atom is 0.393 e. The average molecular weight is 250 g/mol. The van der Waals surface area contributed by atoms with Crippen molar-refractivity contribution in [3.63, 3.8) is 0 Å². The molecule has 16 heavy (non-hydrogen) atoms. The van der Waals surface area contributed by atoms with Gasteiger partial charge in [0, 0.05) is 0 Å². The van der Waals surface area contributed by atoms with Gasteiger partial charge in [-0.05, 0) is 12.3 Å². The maximum atomic E-state index is 11.0. The Kier molecular flexibility index (Phi) is 8.01. The van der Waals surface area contributed by atoms with Crippen LogP contribution in [-0.4, -0.2) is 22.5 Å². The summed E-state index contributed by atoms with van der Waals surface area (Å²) in [7, 11) is 0. The minimum absolute atomic E-state index is 0.197. The van der Waals surface area contributed by atoms with Crippen molar-refractivity contribution in [2.24, 2.45) is 5.92 Å². The van der Waals surface area contributed by atoms with Crippen LogP contribution in [0.25, 0.3) is 0 Å². The highest BCUT2D eigenvalue weighted by Crippen LogP contribution is 2.08. The number of rotatable bonds is 6. The van der Waals surface area contributed by atoms with Gasteiger partial charge in [-0.25, -0.2) is 19.4 Å². The highest BCUT2D eigenvalue weighted by molar-refractivity contribution is 7.81. The molecule has 6 heteroatoms. The molecule has 0 aliphatic heterocycles. The van der Waals surface area contributed by atoms with Crippen molar-refractivity contribution >= 4 is 24.6 Å². The van der Waals surface area contributed by atoms with Crippen LogP contribution in [0.3, 0.4) is 0 Å². The Balaban J connectivity index is 3.49. The Morgan fingerprint density at radius 1 is 1.25 bits per heavy atom. The summed E-state index contributed by atoms with van der Waals surface area (Å²) in [5.74, 6) is -1.11. The highest BCUT2D eigenvalue weighted by Gasteiger charge is 2.15. The van der Waals surface area contributed by atoms with Crippen molar-refractivity contribution in [3.05, 3.63) is 0 Å². The molecule has 0 saturated carbocycles. The minimum atomic E-state index is -1.59. The summed E-state index contributed by atoms with van der Waals surface area (Å²) < 4.78 is 0. The van der Waals surface area contributed by atoms with E-state index in [4.69, 9.17) is 5.11 Å². The zero-order valence-corrected chi connectivity index (χ0v) is 10.4. The second-order valence-corrected chi connectivity index (χ2v) is 4.36. The first-order valence-electron chi connectivity index (χ1n) is 5.20. The predicted octanol–water partition coefficient (Wildman–Crippen LogP) is 1.45. The minimum Gasteiger partial charge on any atom is -0.372 e. The van der Waals surface area contributed by atoms with Gasteiger partial charge in [-0.15, -0.1) is 12.6 Å². The molecule has 94 valence electrons. The van der Waals surface area contributed by atoms with Crippen molar-refractivity contribution < 1.29 is 24.5 Å². The fraction of sp³-hybridized carbons (Fsp3) is 0.800. The molecule has 1 N–H and O–H groups in total. The van der Waals surface area contributed by atoms with E-state index in [1.807, 2.05) is 0 Å². The third-order valence-electron chi connectivity index (χ3n) is 1.84. The molecule has 0 radical (unpaired) electrons. The molecule has 1 atom stereocenters. The third kappa shape index (κ3) is 8.55. The van der Waals surface area contributed by atoms with Crippen LogP contribution in [0.15, 0.2) is 0 Å². The molecule has 0 bridgehead atoms. The predicted molar refractivity (Wildman–Crippen MR) is 60.5 cm³/mol. The van der Waals surface area contributed by atoms with Crippen molar-refractivity contribution in [1.82, 2.24) is 0 Å². The average Bonchev–Trinajstić information content (AvgIpc) is 2.20. The number of aliphatic hydroxyl groups is 1. The standard InChI is InChI=1S/C10H18O5S/c1-7(2)5-3-4-6-8(11)14-15-9(12)10(13)16/h7,10,13,16H,3-6H2,1-2H3. The fourth-order valence-electron chi connectivity index (χ4n) is 0.994. The lowest BCUT2D eigenvalue weighted by atomic mass is 10.1. The van der Waals surface area contributed by atoms with Gasteiger partial charge < -0.3 is 5.11 Å². The van der Waals surface area contributed by atoms with Crippen LogP contribution in [0.4, 0.5) is 0 Å². The van der Waals surface area contributed by atoms with E-state index in [9.17, 15) is 9.59 Å². The van der Waals surface area contributed by atoms with Gasteiger partial charge in [-0.2, -0.15) is 0 Å². The molecule has 5 nitrogen and oxygen atoms in total. The number of thiol groups is 1. The lowest BCUT2D eigenvalue weighted by Gasteiger charge is -2.05. The SMILES string of the molecule is CC(C)CCCCC(=O)OOC(=O)C(O)S. The van der Waals surface area contributed by atoms with Crippen LogP contribution in [0, 0.1) is 5.92 Å². The smallest absolute Gasteiger partial charge is 0.372 e. The molecule has 0 heterocycles. The molecule has 0 aromatic rings. The molecule has 0 aliphatic rings. The Morgan fingerprint density at radius 2 is 1.88 bits per heavy atom. The number of unbranched alkanes of at least 4 members (excludes halogenated alkanes) is 1. The second kappa shape index (κ2) is 8.41. The third-order valence-corrected chi connectivity index (χ3v) is 2.05. The molecule has 0 spiro atoms. The van der Waals surface area contributed by atoms with Crippen LogP contribution in [0.2, 0.25) is 0 Å². The molecule has 1 unspecified atom stereocenters. The van der Waals surface area contributed by atoms with Crippen LogP contribution in [-0.2, 0) is 19.4 Å². The van der Waals surface area contributed by atoms with E-state index in [1.165, 1.54) is 0 Å². The number of carbonyl (C=O) groups excluding carboxylic acids is 2. The first-order valence-corrected chi connectivity index (χ1v) is 5.72. The van der Waals surface area contributed by atoms with Gasteiger partial charge in [0.1, 0.15) is 0 Å². The topological polar surface area (TPSA) is 72.8 Å². The Hall–Kier alpha value is -0.750. The number of hydrogen-bond donors (Lipinski definition) is 2. The zero-order chi connectivity index (χ0) is 12.6. The molecule has 0 rings (SSSR count). The Bertz CT molecular complexity index is 227. The lowest BCUT2D eigenvalue weighted by Crippen LogP contribution is -2.19. The van der Waals surface area contributed by atoms with Gasteiger partial charge in [0.05, 0.1) is 6.42 Å². The van der Waals surface area contributed by atoms with Crippen LogP contribution in [0.5, 0.6) is 0 Å².